The minimum atomic E-state index is -0.214. The van der Waals surface area contributed by atoms with Gasteiger partial charge >= 0.3 is 0 Å². The first-order valence-corrected chi connectivity index (χ1v) is 13.5. The predicted molar refractivity (Wildman–Crippen MR) is 143 cm³/mol. The molecule has 10 heteroatoms. The minimum Gasteiger partial charge on any atom is -0.355 e. The quantitative estimate of drug-likeness (QED) is 0.374. The third-order valence-corrected chi connectivity index (χ3v) is 7.58. The summed E-state index contributed by atoms with van der Waals surface area (Å²) in [5, 5.41) is 19.4. The van der Waals surface area contributed by atoms with Crippen molar-refractivity contribution in [2.24, 2.45) is 11.8 Å². The van der Waals surface area contributed by atoms with Crippen LogP contribution in [0, 0.1) is 11.8 Å². The summed E-state index contributed by atoms with van der Waals surface area (Å²) in [7, 11) is 0. The van der Waals surface area contributed by atoms with Crippen LogP contribution in [0.15, 0.2) is 53.9 Å². The molecule has 37 heavy (non-hydrogen) atoms. The van der Waals surface area contributed by atoms with Crippen molar-refractivity contribution in [1.82, 2.24) is 20.8 Å². The molecule has 0 spiro atoms. The Kier molecular flexibility index (Phi) is 7.74. The summed E-state index contributed by atoms with van der Waals surface area (Å²) >= 11 is 1.64. The van der Waals surface area contributed by atoms with Gasteiger partial charge in [0, 0.05) is 49.3 Å². The molecule has 1 saturated carbocycles. The summed E-state index contributed by atoms with van der Waals surface area (Å²) in [5.74, 6) is 0.756. The SMILES string of the molecule is O=C(NCCNC(=O)C1CCN(c2ccc(-c3cccs3)nn2)CC1)c1ccc(NC(=O)C2CC2)cc1. The Morgan fingerprint density at radius 1 is 0.838 bits per heavy atom. The van der Waals surface area contributed by atoms with Crippen LogP contribution in [0.25, 0.3) is 10.6 Å². The number of nitrogens with zero attached hydrogens (tertiary/aromatic N) is 3. The van der Waals surface area contributed by atoms with Gasteiger partial charge in [-0.25, -0.2) is 0 Å². The Hall–Kier alpha value is -3.79. The fourth-order valence-corrected chi connectivity index (χ4v) is 5.01. The number of aromatic nitrogens is 2. The van der Waals surface area contributed by atoms with E-state index in [2.05, 4.69) is 31.0 Å². The van der Waals surface area contributed by atoms with Gasteiger partial charge in [0.25, 0.3) is 5.91 Å². The zero-order valence-electron chi connectivity index (χ0n) is 20.5. The van der Waals surface area contributed by atoms with Crippen molar-refractivity contribution in [2.75, 3.05) is 36.4 Å². The van der Waals surface area contributed by atoms with E-state index in [-0.39, 0.29) is 29.6 Å². The first-order chi connectivity index (χ1) is 18.1. The largest absolute Gasteiger partial charge is 0.355 e. The molecule has 1 aliphatic heterocycles. The molecule has 1 aliphatic carbocycles. The van der Waals surface area contributed by atoms with Crippen molar-refractivity contribution in [2.45, 2.75) is 25.7 Å². The van der Waals surface area contributed by atoms with Gasteiger partial charge in [0.1, 0.15) is 5.69 Å². The Bertz CT molecular complexity index is 1220. The average Bonchev–Trinajstić information content (AvgIpc) is 3.65. The van der Waals surface area contributed by atoms with Crippen molar-refractivity contribution in [3.8, 4) is 10.6 Å². The third-order valence-electron chi connectivity index (χ3n) is 6.69. The molecule has 3 amide bonds. The lowest BCUT2D eigenvalue weighted by Crippen LogP contribution is -2.42. The molecular weight excluding hydrogens is 488 g/mol. The molecule has 2 aromatic heterocycles. The summed E-state index contributed by atoms with van der Waals surface area (Å²) < 4.78 is 0. The van der Waals surface area contributed by atoms with Crippen molar-refractivity contribution in [1.29, 1.82) is 0 Å². The number of benzene rings is 1. The van der Waals surface area contributed by atoms with E-state index in [9.17, 15) is 14.4 Å². The molecule has 2 fully saturated rings. The van der Waals surface area contributed by atoms with E-state index in [0.717, 1.165) is 55.2 Å². The molecule has 3 N–H and O–H groups in total. The van der Waals surface area contributed by atoms with E-state index < -0.39 is 0 Å². The second-order valence-corrected chi connectivity index (χ2v) is 10.4. The van der Waals surface area contributed by atoms with Gasteiger partial charge in [-0.05, 0) is 73.5 Å². The van der Waals surface area contributed by atoms with E-state index in [0.29, 0.717) is 24.3 Å². The maximum absolute atomic E-state index is 12.6. The molecule has 0 unspecified atom stereocenters. The van der Waals surface area contributed by atoms with E-state index in [1.807, 2.05) is 29.6 Å². The molecule has 0 bridgehead atoms. The number of amides is 3. The molecule has 1 saturated heterocycles. The number of hydrogen-bond acceptors (Lipinski definition) is 7. The molecule has 192 valence electrons. The highest BCUT2D eigenvalue weighted by atomic mass is 32.1. The number of rotatable bonds is 9. The fraction of sp³-hybridized carbons (Fsp3) is 0.370. The summed E-state index contributed by atoms with van der Waals surface area (Å²) in [6.45, 7) is 2.21. The minimum absolute atomic E-state index is 0.0174. The van der Waals surface area contributed by atoms with Gasteiger partial charge in [-0.3, -0.25) is 14.4 Å². The fourth-order valence-electron chi connectivity index (χ4n) is 4.32. The Morgan fingerprint density at radius 3 is 2.22 bits per heavy atom. The number of carbonyl (C=O) groups excluding carboxylic acids is 3. The number of hydrogen-bond donors (Lipinski definition) is 3. The molecule has 1 aromatic carbocycles. The Labute approximate surface area is 219 Å². The summed E-state index contributed by atoms with van der Waals surface area (Å²) in [6.07, 6.45) is 3.39. The van der Waals surface area contributed by atoms with Gasteiger partial charge in [0.05, 0.1) is 4.88 Å². The van der Waals surface area contributed by atoms with Crippen LogP contribution >= 0.6 is 11.3 Å². The van der Waals surface area contributed by atoms with Crippen molar-refractivity contribution in [3.63, 3.8) is 0 Å². The van der Waals surface area contributed by atoms with E-state index in [4.69, 9.17) is 0 Å². The predicted octanol–water partition coefficient (Wildman–Crippen LogP) is 3.32. The molecular formula is C27H30N6O3S. The van der Waals surface area contributed by atoms with Gasteiger partial charge in [-0.1, -0.05) is 6.07 Å². The molecule has 2 aliphatic rings. The van der Waals surface area contributed by atoms with E-state index >= 15 is 0 Å². The topological polar surface area (TPSA) is 116 Å². The van der Waals surface area contributed by atoms with Gasteiger partial charge in [-0.15, -0.1) is 21.5 Å². The van der Waals surface area contributed by atoms with Crippen LogP contribution in [-0.4, -0.2) is 54.1 Å². The Balaban J connectivity index is 0.996. The van der Waals surface area contributed by atoms with Gasteiger partial charge in [-0.2, -0.15) is 0 Å². The van der Waals surface area contributed by atoms with Crippen LogP contribution in [0.3, 0.4) is 0 Å². The molecule has 5 rings (SSSR count). The molecule has 9 nitrogen and oxygen atoms in total. The number of piperidine rings is 1. The first kappa shape index (κ1) is 24.9. The molecule has 3 heterocycles. The number of nitrogens with one attached hydrogen (secondary N) is 3. The van der Waals surface area contributed by atoms with Crippen LogP contribution in [0.4, 0.5) is 11.5 Å². The van der Waals surface area contributed by atoms with Crippen LogP contribution in [0.5, 0.6) is 0 Å². The van der Waals surface area contributed by atoms with Crippen molar-refractivity contribution < 1.29 is 14.4 Å². The lowest BCUT2D eigenvalue weighted by Gasteiger charge is -2.31. The lowest BCUT2D eigenvalue weighted by molar-refractivity contribution is -0.125. The van der Waals surface area contributed by atoms with Crippen molar-refractivity contribution >= 4 is 40.6 Å². The summed E-state index contributed by atoms with van der Waals surface area (Å²) in [4.78, 5) is 40.1. The van der Waals surface area contributed by atoms with Crippen molar-refractivity contribution in [3.05, 3.63) is 59.5 Å². The lowest BCUT2D eigenvalue weighted by atomic mass is 9.96. The third kappa shape index (κ3) is 6.51. The normalized spacial score (nSPS) is 15.7. The van der Waals surface area contributed by atoms with Crippen LogP contribution in [0.2, 0.25) is 0 Å². The van der Waals surface area contributed by atoms with Gasteiger partial charge < -0.3 is 20.9 Å². The summed E-state index contributed by atoms with van der Waals surface area (Å²) in [6, 6.07) is 14.8. The second kappa shape index (κ2) is 11.5. The first-order valence-electron chi connectivity index (χ1n) is 12.7. The monoisotopic (exact) mass is 518 g/mol. The van der Waals surface area contributed by atoms with Gasteiger partial charge in [0.2, 0.25) is 11.8 Å². The highest BCUT2D eigenvalue weighted by molar-refractivity contribution is 7.13. The highest BCUT2D eigenvalue weighted by Gasteiger charge is 2.29. The number of thiophene rings is 1. The maximum Gasteiger partial charge on any atom is 0.251 e. The van der Waals surface area contributed by atoms with Crippen LogP contribution < -0.4 is 20.9 Å². The maximum atomic E-state index is 12.6. The van der Waals surface area contributed by atoms with Gasteiger partial charge in [0.15, 0.2) is 5.82 Å². The van der Waals surface area contributed by atoms with Crippen LogP contribution in [0.1, 0.15) is 36.0 Å². The zero-order valence-corrected chi connectivity index (χ0v) is 21.3. The molecule has 0 radical (unpaired) electrons. The smallest absolute Gasteiger partial charge is 0.251 e. The molecule has 3 aromatic rings. The van der Waals surface area contributed by atoms with E-state index in [1.54, 1.807) is 35.6 Å². The van der Waals surface area contributed by atoms with Crippen LogP contribution in [-0.2, 0) is 9.59 Å². The average molecular weight is 519 g/mol. The standard InChI is InChI=1S/C27H30N6O3S/c34-25(18-5-7-21(8-6-18)30-27(36)19-3-4-19)28-13-14-29-26(35)20-11-15-33(16-12-20)24-10-9-22(31-32-24)23-2-1-17-37-23/h1-2,5-10,17,19-20H,3-4,11-16H2,(H,28,34)(H,29,35)(H,30,36). The van der Waals surface area contributed by atoms with E-state index in [1.165, 1.54) is 0 Å². The second-order valence-electron chi connectivity index (χ2n) is 9.40. The zero-order chi connectivity index (χ0) is 25.6. The Morgan fingerprint density at radius 2 is 1.57 bits per heavy atom. The molecule has 0 atom stereocenters. The number of anilines is 2. The summed E-state index contributed by atoms with van der Waals surface area (Å²) in [5.41, 5.74) is 2.07. The highest BCUT2D eigenvalue weighted by Crippen LogP contribution is 2.30. The number of carbonyl (C=O) groups is 3.